The quantitative estimate of drug-likeness (QED) is 0.630. The van der Waals surface area contributed by atoms with Crippen LogP contribution in [0, 0.1) is 31.3 Å². The van der Waals surface area contributed by atoms with Crippen molar-refractivity contribution in [3.05, 3.63) is 25.8 Å². The molecular formula is C10H14IO5P. The SMILES string of the molecule is Cc1c(C)c(C)c(I=O)c(OP(=O)(O)O)c1C. The number of benzene rings is 1. The molecule has 1 aromatic carbocycles. The van der Waals surface area contributed by atoms with Crippen LogP contribution in [-0.2, 0) is 7.63 Å². The fraction of sp³-hybridized carbons (Fsp3) is 0.400. The first-order valence-corrected chi connectivity index (χ1v) is 8.30. The van der Waals surface area contributed by atoms with E-state index in [0.717, 1.165) is 16.7 Å². The largest absolute Gasteiger partial charge is 0.524 e. The molecule has 7 heteroatoms. The van der Waals surface area contributed by atoms with E-state index in [0.29, 0.717) is 9.13 Å². The van der Waals surface area contributed by atoms with Gasteiger partial charge in [-0.05, 0) is 49.9 Å². The Morgan fingerprint density at radius 3 is 1.88 bits per heavy atom. The van der Waals surface area contributed by atoms with Crippen LogP contribution >= 0.6 is 29.0 Å². The average Bonchev–Trinajstić information content (AvgIpc) is 2.22. The van der Waals surface area contributed by atoms with Gasteiger partial charge in [-0.25, -0.2) is 4.57 Å². The molecule has 0 radical (unpaired) electrons. The standard InChI is InChI=1S/C10H14IO5P/c1-5-6(2)8(4)10(16-17(13,14)15)9(11-12)7(5)3/h1-4H3,(H2,13,14,15). The van der Waals surface area contributed by atoms with Crippen LogP contribution in [-0.4, -0.2) is 9.79 Å². The Hall–Kier alpha value is -0.300. The Balaban J connectivity index is 3.58. The third-order valence-electron chi connectivity index (χ3n) is 2.84. The van der Waals surface area contributed by atoms with Gasteiger partial charge in [0.15, 0.2) is 26.9 Å². The molecule has 0 spiro atoms. The van der Waals surface area contributed by atoms with E-state index in [4.69, 9.17) is 9.79 Å². The number of hydrogen-bond donors (Lipinski definition) is 2. The van der Waals surface area contributed by atoms with E-state index >= 15 is 0 Å². The molecule has 0 aliphatic heterocycles. The second kappa shape index (κ2) is 5.14. The number of halogens is 1. The van der Waals surface area contributed by atoms with Crippen LogP contribution in [0.5, 0.6) is 5.75 Å². The van der Waals surface area contributed by atoms with E-state index in [9.17, 15) is 7.63 Å². The van der Waals surface area contributed by atoms with Gasteiger partial charge >= 0.3 is 7.82 Å². The fourth-order valence-corrected chi connectivity index (χ4v) is 3.64. The van der Waals surface area contributed by atoms with Crippen LogP contribution < -0.4 is 4.52 Å². The summed E-state index contributed by atoms with van der Waals surface area (Å²) in [5.41, 5.74) is 3.28. The summed E-state index contributed by atoms with van der Waals surface area (Å²) < 4.78 is 27.3. The lowest BCUT2D eigenvalue weighted by atomic mass is 9.99. The average molecular weight is 372 g/mol. The van der Waals surface area contributed by atoms with Gasteiger partial charge in [0, 0.05) is 0 Å². The maximum atomic E-state index is 11.3. The molecule has 0 aromatic heterocycles. The molecule has 96 valence electrons. The molecule has 0 bridgehead atoms. The maximum absolute atomic E-state index is 11.3. The summed E-state index contributed by atoms with van der Waals surface area (Å²) in [5.74, 6) is 0.0710. The van der Waals surface area contributed by atoms with Crippen molar-refractivity contribution in [1.82, 2.24) is 0 Å². The molecule has 5 nitrogen and oxygen atoms in total. The van der Waals surface area contributed by atoms with Gasteiger partial charge in [0.05, 0.1) is 3.57 Å². The second-order valence-corrected chi connectivity index (χ2v) is 6.48. The molecule has 0 aliphatic carbocycles. The summed E-state index contributed by atoms with van der Waals surface area (Å²) in [7, 11) is -4.63. The van der Waals surface area contributed by atoms with Crippen LogP contribution in [0.3, 0.4) is 0 Å². The zero-order valence-electron chi connectivity index (χ0n) is 9.94. The van der Waals surface area contributed by atoms with Gasteiger partial charge in [-0.3, -0.25) is 12.9 Å². The van der Waals surface area contributed by atoms with Crippen LogP contribution in [0.25, 0.3) is 0 Å². The van der Waals surface area contributed by atoms with Gasteiger partial charge in [-0.15, -0.1) is 0 Å². The Morgan fingerprint density at radius 1 is 1.00 bits per heavy atom. The molecule has 1 aromatic rings. The zero-order chi connectivity index (χ0) is 13.4. The lowest BCUT2D eigenvalue weighted by Crippen LogP contribution is -2.02. The van der Waals surface area contributed by atoms with E-state index in [2.05, 4.69) is 4.52 Å². The molecule has 0 atom stereocenters. The normalized spacial score (nSPS) is 11.6. The zero-order valence-corrected chi connectivity index (χ0v) is 13.0. The molecule has 2 N–H and O–H groups in total. The smallest absolute Gasteiger partial charge is 0.403 e. The first-order valence-electron chi connectivity index (χ1n) is 4.81. The third kappa shape index (κ3) is 3.13. The number of phosphoric ester groups is 1. The topological polar surface area (TPSA) is 83.8 Å². The summed E-state index contributed by atoms with van der Waals surface area (Å²) in [6.07, 6.45) is 0. The summed E-state index contributed by atoms with van der Waals surface area (Å²) in [4.78, 5) is 17.7. The van der Waals surface area contributed by atoms with Gasteiger partial charge in [-0.1, -0.05) is 0 Å². The highest BCUT2D eigenvalue weighted by atomic mass is 127. The van der Waals surface area contributed by atoms with Gasteiger partial charge < -0.3 is 4.52 Å². The Kier molecular flexibility index (Phi) is 4.46. The lowest BCUT2D eigenvalue weighted by molar-refractivity contribution is 0.281. The second-order valence-electron chi connectivity index (χ2n) is 3.80. The number of rotatable bonds is 3. The highest BCUT2D eigenvalue weighted by molar-refractivity contribution is 14.1. The molecule has 0 unspecified atom stereocenters. The van der Waals surface area contributed by atoms with E-state index in [1.54, 1.807) is 13.8 Å². The first kappa shape index (κ1) is 14.8. The monoisotopic (exact) mass is 372 g/mol. The number of phosphoric acid groups is 1. The summed E-state index contributed by atoms with van der Waals surface area (Å²) in [6, 6.07) is 0. The van der Waals surface area contributed by atoms with Crippen molar-refractivity contribution >= 4 is 29.0 Å². The first-order chi connectivity index (χ1) is 7.69. The molecular weight excluding hydrogens is 358 g/mol. The van der Waals surface area contributed by atoms with Crippen molar-refractivity contribution in [2.45, 2.75) is 27.7 Å². The highest BCUT2D eigenvalue weighted by Gasteiger charge is 2.24. The molecule has 0 saturated heterocycles. The molecule has 0 amide bonds. The van der Waals surface area contributed by atoms with Crippen molar-refractivity contribution in [1.29, 1.82) is 0 Å². The predicted octanol–water partition coefficient (Wildman–Crippen LogP) is 2.88. The molecule has 0 saturated carbocycles. The van der Waals surface area contributed by atoms with Crippen molar-refractivity contribution in [2.75, 3.05) is 0 Å². The van der Waals surface area contributed by atoms with E-state index in [-0.39, 0.29) is 5.75 Å². The van der Waals surface area contributed by atoms with E-state index in [1.165, 1.54) is 0 Å². The number of hydrogen-bond acceptors (Lipinski definition) is 3. The van der Waals surface area contributed by atoms with Crippen molar-refractivity contribution in [2.24, 2.45) is 0 Å². The van der Waals surface area contributed by atoms with E-state index < -0.39 is 29.0 Å². The summed E-state index contributed by atoms with van der Waals surface area (Å²) in [5, 5.41) is 0. The molecule has 0 fully saturated rings. The van der Waals surface area contributed by atoms with Gasteiger partial charge in [0.25, 0.3) is 0 Å². The fourth-order valence-electron chi connectivity index (χ4n) is 1.55. The third-order valence-corrected chi connectivity index (χ3v) is 5.00. The van der Waals surface area contributed by atoms with Crippen LogP contribution in [0.15, 0.2) is 0 Å². The highest BCUT2D eigenvalue weighted by Crippen LogP contribution is 2.44. The Labute approximate surface area is 110 Å². The van der Waals surface area contributed by atoms with Crippen molar-refractivity contribution < 1.29 is 21.9 Å². The Bertz CT molecular complexity index is 520. The minimum atomic E-state index is -4.63. The molecule has 17 heavy (non-hydrogen) atoms. The van der Waals surface area contributed by atoms with Gasteiger partial charge in [-0.2, -0.15) is 0 Å². The predicted molar refractivity (Wildman–Crippen MR) is 71.5 cm³/mol. The summed E-state index contributed by atoms with van der Waals surface area (Å²) >= 11 is -1.55. The van der Waals surface area contributed by atoms with Crippen LogP contribution in [0.2, 0.25) is 0 Å². The van der Waals surface area contributed by atoms with Gasteiger partial charge in [0.2, 0.25) is 0 Å². The minimum Gasteiger partial charge on any atom is -0.403 e. The van der Waals surface area contributed by atoms with Crippen LogP contribution in [0.4, 0.5) is 0 Å². The van der Waals surface area contributed by atoms with Gasteiger partial charge in [0.1, 0.15) is 0 Å². The summed E-state index contributed by atoms with van der Waals surface area (Å²) in [6.45, 7) is 7.22. The van der Waals surface area contributed by atoms with Crippen molar-refractivity contribution in [3.8, 4) is 5.75 Å². The molecule has 1 rings (SSSR count). The Morgan fingerprint density at radius 2 is 1.47 bits per heavy atom. The van der Waals surface area contributed by atoms with E-state index in [1.807, 2.05) is 13.8 Å². The minimum absolute atomic E-state index is 0.0710. The van der Waals surface area contributed by atoms with Crippen LogP contribution in [0.1, 0.15) is 22.3 Å². The maximum Gasteiger partial charge on any atom is 0.524 e. The van der Waals surface area contributed by atoms with Crippen molar-refractivity contribution in [3.63, 3.8) is 0 Å². The molecule has 0 aliphatic rings. The lowest BCUT2D eigenvalue weighted by Gasteiger charge is -2.17. The molecule has 0 heterocycles.